The molecule has 0 radical (unpaired) electrons. The van der Waals surface area contributed by atoms with E-state index < -0.39 is 26.8 Å². The molecule has 4 aromatic rings. The maximum Gasteiger partial charge on any atom is -0.147 e. The molecule has 2 aliphatic carbocycles. The number of hydrogen-bond donors (Lipinski definition) is 0. The molecule has 229 valence electrons. The van der Waals surface area contributed by atoms with Gasteiger partial charge in [0.15, 0.2) is 0 Å². The summed E-state index contributed by atoms with van der Waals surface area (Å²) >= 11 is -2.32. The third kappa shape index (κ3) is 7.36. The van der Waals surface area contributed by atoms with Crippen LogP contribution in [-0.2, 0) is 43.8 Å². The summed E-state index contributed by atoms with van der Waals surface area (Å²) in [5, 5.41) is 0. The van der Waals surface area contributed by atoms with E-state index in [1.54, 1.807) is 22.3 Å². The Balaban J connectivity index is 0.00000221. The normalized spacial score (nSPS) is 14.0. The Labute approximate surface area is 287 Å². The zero-order valence-electron chi connectivity index (χ0n) is 27.1. The smallest absolute Gasteiger partial charge is 0.147 e. The van der Waals surface area contributed by atoms with Crippen LogP contribution in [0.25, 0.3) is 11.1 Å². The van der Waals surface area contributed by atoms with E-state index in [9.17, 15) is 0 Å². The van der Waals surface area contributed by atoms with Gasteiger partial charge in [-0.05, 0) is 0 Å². The number of fused-ring (bicyclic) bond motifs is 3. The topological polar surface area (TPSA) is 0 Å². The number of benzene rings is 4. The average molecular weight is 718 g/mol. The summed E-state index contributed by atoms with van der Waals surface area (Å²) in [6, 6.07) is 40.5. The van der Waals surface area contributed by atoms with Crippen LogP contribution in [-0.4, -0.2) is 5.92 Å². The van der Waals surface area contributed by atoms with E-state index in [-0.39, 0.29) is 35.6 Å². The van der Waals surface area contributed by atoms with Crippen molar-refractivity contribution in [2.45, 2.75) is 74.5 Å². The monoisotopic (exact) mass is 715 g/mol. The predicted octanol–water partition coefficient (Wildman–Crippen LogP) is 10.9. The van der Waals surface area contributed by atoms with Crippen molar-refractivity contribution >= 4 is 30.7 Å². The van der Waals surface area contributed by atoms with Crippen molar-refractivity contribution in [3.63, 3.8) is 0 Å². The first-order valence-electron chi connectivity index (χ1n) is 15.7. The van der Waals surface area contributed by atoms with Gasteiger partial charge in [-0.25, -0.2) is 0 Å². The van der Waals surface area contributed by atoms with Crippen molar-refractivity contribution in [3.05, 3.63) is 152 Å². The summed E-state index contributed by atoms with van der Waals surface area (Å²) in [5.74, 6) is -1.25. The minimum Gasteiger partial charge on any atom is -0.147 e. The molecule has 4 heteroatoms. The Morgan fingerprint density at radius 3 is 1.48 bits per heavy atom. The molecule has 0 spiro atoms. The van der Waals surface area contributed by atoms with Gasteiger partial charge in [0.05, 0.1) is 0 Å². The van der Waals surface area contributed by atoms with Crippen LogP contribution in [0.3, 0.4) is 0 Å². The fourth-order valence-electron chi connectivity index (χ4n) is 6.96. The Morgan fingerprint density at radius 2 is 1.09 bits per heavy atom. The Hall–Kier alpha value is -1.96. The van der Waals surface area contributed by atoms with Gasteiger partial charge in [0, 0.05) is 0 Å². The molecule has 0 heterocycles. The van der Waals surface area contributed by atoms with Gasteiger partial charge >= 0.3 is 264 Å². The number of rotatable bonds is 7. The fourth-order valence-corrected chi connectivity index (χ4v) is 33.0. The zero-order chi connectivity index (χ0) is 29.5. The second-order valence-electron chi connectivity index (χ2n) is 14.4. The van der Waals surface area contributed by atoms with Gasteiger partial charge in [-0.1, -0.05) is 0 Å². The van der Waals surface area contributed by atoms with Crippen molar-refractivity contribution in [3.8, 4) is 11.1 Å². The summed E-state index contributed by atoms with van der Waals surface area (Å²) in [6.45, 7) is 14.2. The van der Waals surface area contributed by atoms with E-state index >= 15 is 0 Å². The summed E-state index contributed by atoms with van der Waals surface area (Å²) in [7, 11) is 0. The maximum absolute atomic E-state index is 2.64. The molecule has 44 heavy (non-hydrogen) atoms. The molecule has 0 unspecified atom stereocenters. The van der Waals surface area contributed by atoms with Gasteiger partial charge in [-0.15, -0.1) is 24.8 Å². The number of halogens is 2. The van der Waals surface area contributed by atoms with Crippen LogP contribution in [0.15, 0.2) is 119 Å². The average Bonchev–Trinajstić information content (AvgIpc) is 3.60. The standard InChI is InChI=1S/C21H25.C14H15Si.C5H5.2ClH.Zr/c1-20(2,3)16-7-9-18-14(12-16)11-15-13-17(21(4,5)6)8-10-19(15)18;1-3-7-13(8-4-1)11-15-12-14-9-5-2-6-10-14;1-2-4-5-3-1;;;/h7-13H,1-6H3;1-10,15H,11-12H2;1-3H,4H2;2*1H;. The van der Waals surface area contributed by atoms with E-state index in [1.807, 2.05) is 3.28 Å². The molecule has 0 saturated carbocycles. The molecule has 0 bridgehead atoms. The van der Waals surface area contributed by atoms with Crippen LogP contribution < -0.4 is 0 Å². The fraction of sp³-hybridized carbons (Fsp3) is 0.300. The quantitative estimate of drug-likeness (QED) is 0.167. The Kier molecular flexibility index (Phi) is 11.3. The molecule has 0 fully saturated rings. The van der Waals surface area contributed by atoms with Crippen molar-refractivity contribution in [2.75, 3.05) is 0 Å². The molecular formula is C40H47Cl2SiZr. The van der Waals surface area contributed by atoms with Gasteiger partial charge < -0.3 is 0 Å². The maximum atomic E-state index is 2.64. The molecule has 0 saturated heterocycles. The third-order valence-electron chi connectivity index (χ3n) is 9.29. The third-order valence-corrected chi connectivity index (χ3v) is 31.6. The first kappa shape index (κ1) is 34.9. The van der Waals surface area contributed by atoms with Gasteiger partial charge in [0.1, 0.15) is 0 Å². The van der Waals surface area contributed by atoms with Crippen LogP contribution in [0.2, 0.25) is 0 Å². The van der Waals surface area contributed by atoms with Crippen molar-refractivity contribution in [2.24, 2.45) is 0 Å². The largest absolute Gasteiger partial charge is 0.147 e. The molecule has 4 aromatic carbocycles. The first-order chi connectivity index (χ1) is 20.1. The molecule has 0 amide bonds. The van der Waals surface area contributed by atoms with Crippen molar-refractivity contribution in [1.29, 1.82) is 0 Å². The summed E-state index contributed by atoms with van der Waals surface area (Å²) in [4.78, 5) is 0. The van der Waals surface area contributed by atoms with E-state index in [1.165, 1.54) is 40.8 Å². The van der Waals surface area contributed by atoms with E-state index in [0.717, 1.165) is 0 Å². The van der Waals surface area contributed by atoms with E-state index in [0.29, 0.717) is 3.63 Å². The second kappa shape index (κ2) is 14.2. The minimum atomic E-state index is -2.32. The van der Waals surface area contributed by atoms with Crippen LogP contribution in [0, 0.1) is 0 Å². The SMILES string of the molecule is CC(C)(C)c1ccc2c(c1)[CH]([Zr]([C]1=CC=CC1)[SiH](Cc1ccccc1)Cc1ccccc1)c1cc(C(C)(C)C)ccc1-2.Cl.Cl. The van der Waals surface area contributed by atoms with Crippen molar-refractivity contribution < 1.29 is 20.9 Å². The van der Waals surface area contributed by atoms with E-state index in [2.05, 4.69) is 157 Å². The molecule has 6 rings (SSSR count). The zero-order valence-corrected chi connectivity index (χ0v) is 32.3. The summed E-state index contributed by atoms with van der Waals surface area (Å²) in [5.41, 5.74) is 12.6. The number of allylic oxidation sites excluding steroid dienone is 4. The molecule has 2 aliphatic rings. The van der Waals surface area contributed by atoms with Crippen LogP contribution in [0.1, 0.15) is 85.0 Å². The van der Waals surface area contributed by atoms with Crippen LogP contribution in [0.4, 0.5) is 0 Å². The summed E-state index contributed by atoms with van der Waals surface area (Å²) in [6.07, 6.45) is 8.52. The van der Waals surface area contributed by atoms with Gasteiger partial charge in [-0.2, -0.15) is 0 Å². The summed E-state index contributed by atoms with van der Waals surface area (Å²) < 4.78 is 2.42. The minimum absolute atomic E-state index is 0. The molecule has 0 atom stereocenters. The molecule has 0 nitrogen and oxygen atoms in total. The second-order valence-corrected chi connectivity index (χ2v) is 31.5. The molecule has 0 N–H and O–H groups in total. The van der Waals surface area contributed by atoms with E-state index in [4.69, 9.17) is 0 Å². The molecule has 0 aromatic heterocycles. The van der Waals surface area contributed by atoms with Crippen LogP contribution >= 0.6 is 24.8 Å². The van der Waals surface area contributed by atoms with Crippen LogP contribution in [0.5, 0.6) is 0 Å². The van der Waals surface area contributed by atoms with Gasteiger partial charge in [0.2, 0.25) is 0 Å². The first-order valence-corrected chi connectivity index (χ1v) is 24.8. The van der Waals surface area contributed by atoms with Crippen molar-refractivity contribution in [1.82, 2.24) is 0 Å². The molecule has 0 aliphatic heterocycles. The Bertz CT molecular complexity index is 1520. The molecular weight excluding hydrogens is 671 g/mol. The number of hydrogen-bond acceptors (Lipinski definition) is 0. The Morgan fingerprint density at radius 1 is 0.636 bits per heavy atom. The predicted molar refractivity (Wildman–Crippen MR) is 195 cm³/mol. The van der Waals surface area contributed by atoms with Gasteiger partial charge in [0.25, 0.3) is 0 Å². The van der Waals surface area contributed by atoms with Gasteiger partial charge in [-0.3, -0.25) is 0 Å².